The number of halogens is 1. The Kier molecular flexibility index (Phi) is 10.2. The van der Waals surface area contributed by atoms with Crippen LogP contribution in [0.3, 0.4) is 0 Å². The number of hydrogen-bond acceptors (Lipinski definition) is 7. The van der Waals surface area contributed by atoms with Crippen molar-refractivity contribution in [2.45, 2.75) is 18.4 Å². The molecular formula is C20H29ClN4O4S2. The topological polar surface area (TPSA) is 107 Å². The Morgan fingerprint density at radius 1 is 1.29 bits per heavy atom. The van der Waals surface area contributed by atoms with Crippen LogP contribution in [0.15, 0.2) is 45.8 Å². The van der Waals surface area contributed by atoms with Gasteiger partial charge in [-0.05, 0) is 43.9 Å². The monoisotopic (exact) mass is 488 g/mol. The molecule has 2 rings (SSSR count). The standard InChI is InChI=1S/C20H29ClN4O4S2/c1-25(2)13-17-7-8-18(29-17)14-30-10-9-22-20(24-31(3,27)28)23-12-19(26)15-5-4-6-16(21)11-15/h4-8,11,19,26H,9-10,12-14H2,1-3H3,(H2,22,23,24). The lowest BCUT2D eigenvalue weighted by Gasteiger charge is -2.13. The molecule has 1 heterocycles. The minimum atomic E-state index is -3.51. The predicted molar refractivity (Wildman–Crippen MR) is 127 cm³/mol. The zero-order chi connectivity index (χ0) is 22.9. The maximum atomic E-state index is 11.6. The van der Waals surface area contributed by atoms with Gasteiger partial charge in [-0.2, -0.15) is 11.8 Å². The second-order valence-electron chi connectivity index (χ2n) is 7.22. The number of guanidine groups is 1. The van der Waals surface area contributed by atoms with E-state index in [1.807, 2.05) is 31.1 Å². The molecule has 0 fully saturated rings. The Bertz CT molecular complexity index is 964. The number of benzene rings is 1. The Morgan fingerprint density at radius 3 is 2.71 bits per heavy atom. The van der Waals surface area contributed by atoms with Crippen LogP contribution >= 0.6 is 23.4 Å². The van der Waals surface area contributed by atoms with Gasteiger partial charge in [-0.3, -0.25) is 4.72 Å². The van der Waals surface area contributed by atoms with Crippen molar-refractivity contribution in [1.82, 2.24) is 14.9 Å². The summed E-state index contributed by atoms with van der Waals surface area (Å²) in [5.74, 6) is 3.34. The molecule has 3 N–H and O–H groups in total. The fourth-order valence-electron chi connectivity index (χ4n) is 2.61. The Labute approximate surface area is 193 Å². The number of aliphatic hydroxyl groups excluding tert-OH is 1. The number of aliphatic hydroxyl groups is 1. The van der Waals surface area contributed by atoms with Crippen LogP contribution in [0.25, 0.3) is 0 Å². The van der Waals surface area contributed by atoms with Gasteiger partial charge in [-0.1, -0.05) is 23.7 Å². The summed E-state index contributed by atoms with van der Waals surface area (Å²) in [6, 6.07) is 10.8. The normalized spacial score (nSPS) is 13.4. The molecule has 0 aliphatic rings. The first kappa shape index (κ1) is 25.5. The van der Waals surface area contributed by atoms with Crippen LogP contribution in [0.2, 0.25) is 5.02 Å². The van der Waals surface area contributed by atoms with E-state index in [2.05, 4.69) is 15.0 Å². The van der Waals surface area contributed by atoms with Crippen LogP contribution in [0.5, 0.6) is 0 Å². The first-order chi connectivity index (χ1) is 14.6. The fourth-order valence-corrected chi connectivity index (χ4v) is 4.04. The zero-order valence-corrected chi connectivity index (χ0v) is 20.2. The molecule has 0 amide bonds. The minimum absolute atomic E-state index is 0.0145. The summed E-state index contributed by atoms with van der Waals surface area (Å²) in [7, 11) is 0.465. The molecule has 0 saturated carbocycles. The van der Waals surface area contributed by atoms with E-state index in [0.29, 0.717) is 28.6 Å². The van der Waals surface area contributed by atoms with Crippen molar-refractivity contribution in [3.63, 3.8) is 0 Å². The van der Waals surface area contributed by atoms with Crippen molar-refractivity contribution in [3.8, 4) is 0 Å². The maximum absolute atomic E-state index is 11.6. The SMILES string of the molecule is CN(C)Cc1ccc(CSCCNC(=NCC(O)c2cccc(Cl)c2)NS(C)(=O)=O)o1. The van der Waals surface area contributed by atoms with E-state index in [4.69, 9.17) is 16.0 Å². The summed E-state index contributed by atoms with van der Waals surface area (Å²) in [5.41, 5.74) is 0.609. The molecule has 31 heavy (non-hydrogen) atoms. The first-order valence-electron chi connectivity index (χ1n) is 9.62. The average molecular weight is 489 g/mol. The van der Waals surface area contributed by atoms with Gasteiger partial charge in [-0.15, -0.1) is 0 Å². The molecule has 2 aromatic rings. The zero-order valence-electron chi connectivity index (χ0n) is 17.8. The van der Waals surface area contributed by atoms with E-state index >= 15 is 0 Å². The Morgan fingerprint density at radius 2 is 2.03 bits per heavy atom. The molecule has 0 saturated heterocycles. The number of sulfonamides is 1. The molecule has 0 bridgehead atoms. The second kappa shape index (κ2) is 12.4. The van der Waals surface area contributed by atoms with Crippen molar-refractivity contribution in [2.24, 2.45) is 4.99 Å². The molecule has 11 heteroatoms. The van der Waals surface area contributed by atoms with E-state index in [0.717, 1.165) is 24.3 Å². The summed E-state index contributed by atoms with van der Waals surface area (Å²) in [6.45, 7) is 1.23. The summed E-state index contributed by atoms with van der Waals surface area (Å²) in [5, 5.41) is 13.8. The molecule has 172 valence electrons. The number of nitrogens with one attached hydrogen (secondary N) is 2. The largest absolute Gasteiger partial charge is 0.464 e. The highest BCUT2D eigenvalue weighted by atomic mass is 35.5. The van der Waals surface area contributed by atoms with Crippen LogP contribution in [-0.4, -0.2) is 63.6 Å². The lowest BCUT2D eigenvalue weighted by molar-refractivity contribution is 0.187. The average Bonchev–Trinajstić information content (AvgIpc) is 3.10. The van der Waals surface area contributed by atoms with Crippen LogP contribution in [0, 0.1) is 0 Å². The quantitative estimate of drug-likeness (QED) is 0.253. The minimum Gasteiger partial charge on any atom is -0.464 e. The molecule has 1 atom stereocenters. The number of furan rings is 1. The highest BCUT2D eigenvalue weighted by Gasteiger charge is 2.11. The molecule has 1 unspecified atom stereocenters. The Hall–Kier alpha value is -1.72. The van der Waals surface area contributed by atoms with Gasteiger partial charge in [0.15, 0.2) is 0 Å². The summed E-state index contributed by atoms with van der Waals surface area (Å²) in [6.07, 6.45) is 0.149. The van der Waals surface area contributed by atoms with Crippen LogP contribution in [0.1, 0.15) is 23.2 Å². The molecule has 0 aliphatic heterocycles. The van der Waals surface area contributed by atoms with Gasteiger partial charge >= 0.3 is 0 Å². The molecule has 1 aromatic heterocycles. The fraction of sp³-hybridized carbons (Fsp3) is 0.450. The lowest BCUT2D eigenvalue weighted by atomic mass is 10.1. The summed E-state index contributed by atoms with van der Waals surface area (Å²) < 4.78 is 31.4. The van der Waals surface area contributed by atoms with E-state index in [9.17, 15) is 13.5 Å². The van der Waals surface area contributed by atoms with Gasteiger partial charge in [-0.25, -0.2) is 13.4 Å². The first-order valence-corrected chi connectivity index (χ1v) is 13.0. The van der Waals surface area contributed by atoms with Crippen molar-refractivity contribution < 1.29 is 17.9 Å². The van der Waals surface area contributed by atoms with Crippen molar-refractivity contribution in [2.75, 3.05) is 39.2 Å². The molecular weight excluding hydrogens is 460 g/mol. The third-order valence-corrected chi connectivity index (χ3v) is 5.69. The molecule has 0 aliphatic carbocycles. The van der Waals surface area contributed by atoms with Gasteiger partial charge in [0.25, 0.3) is 0 Å². The summed E-state index contributed by atoms with van der Waals surface area (Å²) in [4.78, 5) is 6.23. The third kappa shape index (κ3) is 10.4. The highest BCUT2D eigenvalue weighted by molar-refractivity contribution is 7.98. The van der Waals surface area contributed by atoms with Crippen molar-refractivity contribution in [3.05, 3.63) is 58.5 Å². The summed E-state index contributed by atoms with van der Waals surface area (Å²) >= 11 is 7.60. The van der Waals surface area contributed by atoms with Gasteiger partial charge in [0.2, 0.25) is 16.0 Å². The van der Waals surface area contributed by atoms with Gasteiger partial charge in [0, 0.05) is 17.3 Å². The van der Waals surface area contributed by atoms with Crippen LogP contribution < -0.4 is 10.0 Å². The number of aliphatic imine (C=N–C) groups is 1. The van der Waals surface area contributed by atoms with Crippen molar-refractivity contribution >= 4 is 39.3 Å². The smallest absolute Gasteiger partial charge is 0.232 e. The van der Waals surface area contributed by atoms with Gasteiger partial charge in [0.05, 0.1) is 31.2 Å². The van der Waals surface area contributed by atoms with Crippen LogP contribution in [0.4, 0.5) is 0 Å². The number of rotatable bonds is 11. The highest BCUT2D eigenvalue weighted by Crippen LogP contribution is 2.18. The number of thioether (sulfide) groups is 1. The lowest BCUT2D eigenvalue weighted by Crippen LogP contribution is -2.41. The molecule has 0 radical (unpaired) electrons. The van der Waals surface area contributed by atoms with Crippen LogP contribution in [-0.2, 0) is 22.3 Å². The molecule has 1 aromatic carbocycles. The Balaban J connectivity index is 1.83. The van der Waals surface area contributed by atoms with Gasteiger partial charge in [0.1, 0.15) is 11.5 Å². The van der Waals surface area contributed by atoms with E-state index in [1.165, 1.54) is 0 Å². The van der Waals surface area contributed by atoms with E-state index < -0.39 is 16.1 Å². The predicted octanol–water partition coefficient (Wildman–Crippen LogP) is 2.46. The van der Waals surface area contributed by atoms with Crippen molar-refractivity contribution in [1.29, 1.82) is 0 Å². The van der Waals surface area contributed by atoms with E-state index in [1.54, 1.807) is 36.0 Å². The molecule has 0 spiro atoms. The van der Waals surface area contributed by atoms with Gasteiger partial charge < -0.3 is 19.7 Å². The number of hydrogen-bond donors (Lipinski definition) is 3. The second-order valence-corrected chi connectivity index (χ2v) is 10.5. The maximum Gasteiger partial charge on any atom is 0.232 e. The molecule has 8 nitrogen and oxygen atoms in total. The number of nitrogens with zero attached hydrogens (tertiary/aromatic N) is 2. The van der Waals surface area contributed by atoms with E-state index in [-0.39, 0.29) is 12.5 Å². The third-order valence-electron chi connectivity index (χ3n) is 3.91.